The standard InChI is InChI=1S/C20H20F2N4O2S/c21-13-8-9-16(15(22)11-13)23-18(27)12-29-20-25-24-19(17-7-4-10-28-17)26(20)14-5-2-1-3-6-14/h4,7-11,14H,1-3,5-6,12H2,(H,23,27). The number of aromatic nitrogens is 3. The van der Waals surface area contributed by atoms with E-state index in [1.165, 1.54) is 24.2 Å². The van der Waals surface area contributed by atoms with Crippen LogP contribution >= 0.6 is 11.8 Å². The number of carbonyl (C=O) groups excluding carboxylic acids is 1. The minimum atomic E-state index is -0.811. The lowest BCUT2D eigenvalue weighted by atomic mass is 9.95. The van der Waals surface area contributed by atoms with Gasteiger partial charge >= 0.3 is 0 Å². The number of hydrogen-bond donors (Lipinski definition) is 1. The second-order valence-electron chi connectivity index (χ2n) is 6.91. The molecule has 1 fully saturated rings. The minimum Gasteiger partial charge on any atom is -0.461 e. The number of amides is 1. The first-order chi connectivity index (χ1) is 14.1. The number of halogens is 2. The zero-order chi connectivity index (χ0) is 20.2. The summed E-state index contributed by atoms with van der Waals surface area (Å²) in [4.78, 5) is 12.3. The summed E-state index contributed by atoms with van der Waals surface area (Å²) in [5, 5.41) is 11.6. The summed E-state index contributed by atoms with van der Waals surface area (Å²) in [7, 11) is 0. The molecule has 3 aromatic rings. The van der Waals surface area contributed by atoms with Crippen LogP contribution in [0.5, 0.6) is 0 Å². The van der Waals surface area contributed by atoms with E-state index in [-0.39, 0.29) is 17.5 Å². The number of furan rings is 1. The van der Waals surface area contributed by atoms with Gasteiger partial charge in [0.1, 0.15) is 11.6 Å². The first kappa shape index (κ1) is 19.6. The van der Waals surface area contributed by atoms with Crippen molar-refractivity contribution in [2.24, 2.45) is 0 Å². The Balaban J connectivity index is 1.50. The number of anilines is 1. The summed E-state index contributed by atoms with van der Waals surface area (Å²) in [5.74, 6) is -0.602. The molecule has 0 radical (unpaired) electrons. The number of benzene rings is 1. The Morgan fingerprint density at radius 3 is 2.76 bits per heavy atom. The van der Waals surface area contributed by atoms with Crippen LogP contribution in [-0.4, -0.2) is 26.4 Å². The van der Waals surface area contributed by atoms with E-state index in [0.29, 0.717) is 16.7 Å². The zero-order valence-corrected chi connectivity index (χ0v) is 16.4. The van der Waals surface area contributed by atoms with Crippen molar-refractivity contribution in [3.05, 3.63) is 48.2 Å². The highest BCUT2D eigenvalue weighted by Crippen LogP contribution is 2.35. The van der Waals surface area contributed by atoms with Crippen LogP contribution in [0, 0.1) is 11.6 Å². The van der Waals surface area contributed by atoms with Gasteiger partial charge in [-0.2, -0.15) is 0 Å². The van der Waals surface area contributed by atoms with E-state index in [1.807, 2.05) is 6.07 Å². The van der Waals surface area contributed by atoms with Crippen LogP contribution in [0.4, 0.5) is 14.5 Å². The van der Waals surface area contributed by atoms with E-state index in [2.05, 4.69) is 20.1 Å². The van der Waals surface area contributed by atoms with Crippen molar-refractivity contribution >= 4 is 23.4 Å². The molecule has 1 N–H and O–H groups in total. The molecule has 0 bridgehead atoms. The molecule has 0 aliphatic heterocycles. The molecular weight excluding hydrogens is 398 g/mol. The van der Waals surface area contributed by atoms with Crippen molar-refractivity contribution in [3.63, 3.8) is 0 Å². The third kappa shape index (κ3) is 4.50. The average Bonchev–Trinajstić information content (AvgIpc) is 3.38. The number of nitrogens with one attached hydrogen (secondary N) is 1. The SMILES string of the molecule is O=C(CSc1nnc(-c2ccco2)n1C1CCCCC1)Nc1ccc(F)cc1F. The first-order valence-corrected chi connectivity index (χ1v) is 10.5. The topological polar surface area (TPSA) is 73.0 Å². The molecular formula is C20H20F2N4O2S. The van der Waals surface area contributed by atoms with Gasteiger partial charge in [0.2, 0.25) is 11.7 Å². The first-order valence-electron chi connectivity index (χ1n) is 9.48. The lowest BCUT2D eigenvalue weighted by Gasteiger charge is -2.25. The Morgan fingerprint density at radius 2 is 2.03 bits per heavy atom. The summed E-state index contributed by atoms with van der Waals surface area (Å²) in [6.07, 6.45) is 7.11. The fourth-order valence-corrected chi connectivity index (χ4v) is 4.33. The molecule has 9 heteroatoms. The largest absolute Gasteiger partial charge is 0.461 e. The molecule has 4 rings (SSSR count). The van der Waals surface area contributed by atoms with Crippen LogP contribution in [0.25, 0.3) is 11.6 Å². The van der Waals surface area contributed by atoms with E-state index >= 15 is 0 Å². The van der Waals surface area contributed by atoms with Gasteiger partial charge in [0, 0.05) is 12.1 Å². The fraction of sp³-hybridized carbons (Fsp3) is 0.350. The Morgan fingerprint density at radius 1 is 1.21 bits per heavy atom. The quantitative estimate of drug-likeness (QED) is 0.567. The van der Waals surface area contributed by atoms with Crippen LogP contribution < -0.4 is 5.32 Å². The molecule has 0 unspecified atom stereocenters. The highest BCUT2D eigenvalue weighted by molar-refractivity contribution is 7.99. The number of hydrogen-bond acceptors (Lipinski definition) is 5. The fourth-order valence-electron chi connectivity index (χ4n) is 3.52. The lowest BCUT2D eigenvalue weighted by Crippen LogP contribution is -2.17. The van der Waals surface area contributed by atoms with Gasteiger partial charge in [-0.3, -0.25) is 9.36 Å². The number of carbonyl (C=O) groups is 1. The Kier molecular flexibility index (Phi) is 5.94. The van der Waals surface area contributed by atoms with Gasteiger partial charge in [-0.15, -0.1) is 10.2 Å². The maximum absolute atomic E-state index is 13.7. The molecule has 2 heterocycles. The normalized spacial score (nSPS) is 14.8. The van der Waals surface area contributed by atoms with Gasteiger partial charge in [0.25, 0.3) is 0 Å². The molecule has 0 saturated heterocycles. The van der Waals surface area contributed by atoms with E-state index in [0.717, 1.165) is 37.8 Å². The van der Waals surface area contributed by atoms with E-state index in [4.69, 9.17) is 4.42 Å². The lowest BCUT2D eigenvalue weighted by molar-refractivity contribution is -0.113. The second kappa shape index (κ2) is 8.77. The Bertz CT molecular complexity index is 985. The van der Waals surface area contributed by atoms with Gasteiger partial charge in [0.05, 0.1) is 17.7 Å². The maximum Gasteiger partial charge on any atom is 0.234 e. The maximum atomic E-state index is 13.7. The summed E-state index contributed by atoms with van der Waals surface area (Å²) in [6, 6.07) is 6.92. The van der Waals surface area contributed by atoms with E-state index in [9.17, 15) is 13.6 Å². The average molecular weight is 418 g/mol. The van der Waals surface area contributed by atoms with Gasteiger partial charge in [-0.05, 0) is 37.1 Å². The molecule has 152 valence electrons. The van der Waals surface area contributed by atoms with Gasteiger partial charge in [-0.1, -0.05) is 31.0 Å². The molecule has 1 saturated carbocycles. The minimum absolute atomic E-state index is 0.0276. The highest BCUT2D eigenvalue weighted by Gasteiger charge is 2.25. The summed E-state index contributed by atoms with van der Waals surface area (Å²) in [5.41, 5.74) is -0.0537. The molecule has 6 nitrogen and oxygen atoms in total. The van der Waals surface area contributed by atoms with Gasteiger partial charge in [-0.25, -0.2) is 8.78 Å². The molecule has 29 heavy (non-hydrogen) atoms. The summed E-state index contributed by atoms with van der Waals surface area (Å²) < 4.78 is 34.3. The van der Waals surface area contributed by atoms with E-state index < -0.39 is 17.5 Å². The van der Waals surface area contributed by atoms with Crippen molar-refractivity contribution in [1.82, 2.24) is 14.8 Å². The highest BCUT2D eigenvalue weighted by atomic mass is 32.2. The number of nitrogens with zero attached hydrogens (tertiary/aromatic N) is 3. The third-order valence-corrected chi connectivity index (χ3v) is 5.83. The molecule has 0 atom stereocenters. The third-order valence-electron chi connectivity index (χ3n) is 4.88. The smallest absolute Gasteiger partial charge is 0.234 e. The van der Waals surface area contributed by atoms with Crippen molar-refractivity contribution < 1.29 is 18.0 Å². The molecule has 0 spiro atoms. The monoisotopic (exact) mass is 418 g/mol. The van der Waals surface area contributed by atoms with Crippen molar-refractivity contribution in [3.8, 4) is 11.6 Å². The Hall–Kier alpha value is -2.68. The van der Waals surface area contributed by atoms with Crippen molar-refractivity contribution in [2.75, 3.05) is 11.1 Å². The van der Waals surface area contributed by atoms with Crippen LogP contribution in [-0.2, 0) is 4.79 Å². The zero-order valence-electron chi connectivity index (χ0n) is 15.6. The van der Waals surface area contributed by atoms with Crippen molar-refractivity contribution in [1.29, 1.82) is 0 Å². The molecule has 1 aliphatic carbocycles. The molecule has 1 aliphatic rings. The van der Waals surface area contributed by atoms with Gasteiger partial charge in [0.15, 0.2) is 10.9 Å². The van der Waals surface area contributed by atoms with Crippen LogP contribution in [0.2, 0.25) is 0 Å². The summed E-state index contributed by atoms with van der Waals surface area (Å²) >= 11 is 1.23. The van der Waals surface area contributed by atoms with Crippen LogP contribution in [0.1, 0.15) is 38.1 Å². The second-order valence-corrected chi connectivity index (χ2v) is 7.85. The molecule has 1 aromatic carbocycles. The van der Waals surface area contributed by atoms with E-state index in [1.54, 1.807) is 12.3 Å². The molecule has 2 aromatic heterocycles. The van der Waals surface area contributed by atoms with Crippen molar-refractivity contribution in [2.45, 2.75) is 43.3 Å². The Labute approximate surface area is 170 Å². The van der Waals surface area contributed by atoms with Gasteiger partial charge < -0.3 is 9.73 Å². The molecule has 1 amide bonds. The predicted octanol–water partition coefficient (Wildman–Crippen LogP) is 5.05. The number of rotatable bonds is 6. The summed E-state index contributed by atoms with van der Waals surface area (Å²) in [6.45, 7) is 0. The predicted molar refractivity (Wildman–Crippen MR) is 106 cm³/mol. The van der Waals surface area contributed by atoms with Crippen LogP contribution in [0.15, 0.2) is 46.2 Å². The van der Waals surface area contributed by atoms with Crippen LogP contribution in [0.3, 0.4) is 0 Å². The number of thioether (sulfide) groups is 1.